The first-order valence-corrected chi connectivity index (χ1v) is 15.9. The summed E-state index contributed by atoms with van der Waals surface area (Å²) < 4.78 is 40.9. The molecule has 2 rings (SSSR count). The van der Waals surface area contributed by atoms with Crippen LogP contribution in [0, 0.1) is 16.8 Å². The summed E-state index contributed by atoms with van der Waals surface area (Å²) in [7, 11) is -4.27. The third-order valence-corrected chi connectivity index (χ3v) is 7.93. The van der Waals surface area contributed by atoms with Crippen LogP contribution in [-0.2, 0) is 14.9 Å². The molecule has 0 aromatic heterocycles. The first-order chi connectivity index (χ1) is 16.8. The second-order valence-electron chi connectivity index (χ2n) is 9.71. The molecule has 0 unspecified atom stereocenters. The average Bonchev–Trinajstić information content (AvgIpc) is 2.84. The summed E-state index contributed by atoms with van der Waals surface area (Å²) in [6.07, 6.45) is 17.1. The van der Waals surface area contributed by atoms with Gasteiger partial charge in [0.15, 0.2) is 0 Å². The second-order valence-corrected chi connectivity index (χ2v) is 11.6. The highest BCUT2D eigenvalue weighted by Gasteiger charge is 2.28. The van der Waals surface area contributed by atoms with Gasteiger partial charge in [0.25, 0.3) is 0 Å². The van der Waals surface area contributed by atoms with E-state index < -0.39 is 10.1 Å². The van der Waals surface area contributed by atoms with Gasteiger partial charge in [0.05, 0.1) is 24.7 Å². The van der Waals surface area contributed by atoms with Gasteiger partial charge in [-0.15, -0.1) is 0 Å². The molecule has 1 heterocycles. The third-order valence-electron chi connectivity index (χ3n) is 6.70. The number of halogens is 1. The second kappa shape index (κ2) is 19.5. The third kappa shape index (κ3) is 15.9. The van der Waals surface area contributed by atoms with Crippen molar-refractivity contribution in [3.05, 3.63) is 29.8 Å². The molecule has 0 radical (unpaired) electrons. The maximum atomic E-state index is 10.4. The number of hydrogen-bond donors (Lipinski definition) is 0. The molecule has 0 amide bonds. The normalized spacial score (nSPS) is 15.0. The summed E-state index contributed by atoms with van der Waals surface area (Å²) in [5.41, 5.74) is 0.928. The lowest BCUT2D eigenvalue weighted by Gasteiger charge is -2.40. The predicted octanol–water partition coefficient (Wildman–Crippen LogP) is 6.83. The molecule has 1 fully saturated rings. The highest BCUT2D eigenvalue weighted by Crippen LogP contribution is 2.16. The first-order valence-electron chi connectivity index (χ1n) is 13.4. The summed E-state index contributed by atoms with van der Waals surface area (Å²) in [5.74, 6) is 3.31. The Morgan fingerprint density at radius 1 is 0.886 bits per heavy atom. The van der Waals surface area contributed by atoms with Gasteiger partial charge in [0.2, 0.25) is 0 Å². The van der Waals surface area contributed by atoms with E-state index in [1.807, 2.05) is 6.92 Å². The summed E-state index contributed by atoms with van der Waals surface area (Å²) in [4.78, 5) is -0.178. The van der Waals surface area contributed by atoms with Crippen LogP contribution in [0.4, 0.5) is 0 Å². The van der Waals surface area contributed by atoms with Crippen molar-refractivity contribution >= 4 is 32.7 Å². The summed E-state index contributed by atoms with van der Waals surface area (Å²) >= 11 is 2.16. The lowest BCUT2D eigenvalue weighted by molar-refractivity contribution is -0.928. The molecule has 0 saturated carbocycles. The van der Waals surface area contributed by atoms with E-state index in [2.05, 4.69) is 39.4 Å². The number of unbranched alkanes of at least 4 members (excludes halogenated alkanes) is 11. The molecule has 7 heteroatoms. The fourth-order valence-electron chi connectivity index (χ4n) is 4.38. The van der Waals surface area contributed by atoms with Gasteiger partial charge in [-0.25, -0.2) is 8.42 Å². The van der Waals surface area contributed by atoms with E-state index in [0.29, 0.717) is 0 Å². The van der Waals surface area contributed by atoms with E-state index in [1.54, 1.807) is 12.1 Å². The number of ether oxygens (including phenoxy) is 1. The number of nitrogens with zero attached hydrogens (tertiary/aromatic N) is 1. The SMILES string of the molecule is CCCCCCCCCCCCCC[N+]1(CC#CI)CCOCC1.Cc1ccc(S(=O)(=O)[O-])cc1. The van der Waals surface area contributed by atoms with E-state index in [0.717, 1.165) is 38.4 Å². The topological polar surface area (TPSA) is 66.4 Å². The van der Waals surface area contributed by atoms with Crippen LogP contribution >= 0.6 is 22.6 Å². The lowest BCUT2D eigenvalue weighted by atomic mass is 10.0. The summed E-state index contributed by atoms with van der Waals surface area (Å²) in [5, 5.41) is 0. The number of aryl methyl sites for hydroxylation is 1. The van der Waals surface area contributed by atoms with Crippen LogP contribution in [0.1, 0.15) is 89.5 Å². The molecule has 0 bridgehead atoms. The van der Waals surface area contributed by atoms with Gasteiger partial charge >= 0.3 is 0 Å². The van der Waals surface area contributed by atoms with E-state index in [4.69, 9.17) is 4.74 Å². The van der Waals surface area contributed by atoms with Crippen LogP contribution in [0.2, 0.25) is 0 Å². The van der Waals surface area contributed by atoms with Crippen LogP contribution < -0.4 is 0 Å². The highest BCUT2D eigenvalue weighted by atomic mass is 127. The Labute approximate surface area is 228 Å². The highest BCUT2D eigenvalue weighted by molar-refractivity contribution is 14.1. The number of quaternary nitrogens is 1. The molecule has 35 heavy (non-hydrogen) atoms. The molecular weight excluding hydrogens is 573 g/mol. The number of hydrogen-bond acceptors (Lipinski definition) is 4. The van der Waals surface area contributed by atoms with Crippen molar-refractivity contribution in [2.75, 3.05) is 39.4 Å². The van der Waals surface area contributed by atoms with Crippen molar-refractivity contribution in [3.63, 3.8) is 0 Å². The first kappa shape index (κ1) is 32.4. The number of benzene rings is 1. The zero-order chi connectivity index (χ0) is 25.8. The standard InChI is InChI=1S/C21H39INO.C7H8O3S/c1-2-3-4-5-6-7-8-9-10-11-12-13-16-23(17-14-15-22)18-20-24-21-19-23;1-6-2-4-7(5-3-6)11(8,9)10/h2-13,16-21H2,1H3;2-5H,1H3,(H,8,9,10)/q+1;/p-1. The quantitative estimate of drug-likeness (QED) is 0.0710. The maximum Gasteiger partial charge on any atom is 0.141 e. The summed E-state index contributed by atoms with van der Waals surface area (Å²) in [6, 6.07) is 5.78. The maximum absolute atomic E-state index is 10.4. The van der Waals surface area contributed by atoms with Gasteiger partial charge in [0.1, 0.15) is 29.8 Å². The molecule has 5 nitrogen and oxygen atoms in total. The Balaban J connectivity index is 0.000000462. The molecule has 1 aromatic carbocycles. The molecule has 0 aliphatic carbocycles. The van der Waals surface area contributed by atoms with E-state index in [9.17, 15) is 13.0 Å². The van der Waals surface area contributed by atoms with Crippen molar-refractivity contribution in [2.24, 2.45) is 0 Å². The van der Waals surface area contributed by atoms with Gasteiger partial charge in [-0.3, -0.25) is 0 Å². The molecule has 1 saturated heterocycles. The van der Waals surface area contributed by atoms with Crippen LogP contribution in [0.5, 0.6) is 0 Å². The Hall–Kier alpha value is -0.660. The number of morpholine rings is 1. The van der Waals surface area contributed by atoms with Gasteiger partial charge in [-0.1, -0.05) is 88.8 Å². The number of rotatable bonds is 15. The fourth-order valence-corrected chi connectivity index (χ4v) is 5.02. The molecule has 0 N–H and O–H groups in total. The van der Waals surface area contributed by atoms with Gasteiger partial charge in [-0.2, -0.15) is 0 Å². The van der Waals surface area contributed by atoms with Crippen LogP contribution in [0.25, 0.3) is 0 Å². The van der Waals surface area contributed by atoms with Crippen LogP contribution in [0.15, 0.2) is 29.2 Å². The largest absolute Gasteiger partial charge is 0.744 e. The molecule has 0 atom stereocenters. The van der Waals surface area contributed by atoms with Crippen molar-refractivity contribution in [2.45, 2.75) is 95.8 Å². The Morgan fingerprint density at radius 2 is 1.37 bits per heavy atom. The summed E-state index contributed by atoms with van der Waals surface area (Å²) in [6.45, 7) is 10.6. The van der Waals surface area contributed by atoms with Crippen LogP contribution in [0.3, 0.4) is 0 Å². The predicted molar refractivity (Wildman–Crippen MR) is 153 cm³/mol. The minimum absolute atomic E-state index is 0.178. The monoisotopic (exact) mass is 619 g/mol. The molecule has 200 valence electrons. The van der Waals surface area contributed by atoms with Gasteiger partial charge < -0.3 is 13.8 Å². The minimum atomic E-state index is -4.27. The van der Waals surface area contributed by atoms with Crippen LogP contribution in [-0.4, -0.2) is 56.8 Å². The Morgan fingerprint density at radius 3 is 1.83 bits per heavy atom. The molecule has 1 aliphatic heterocycles. The molecule has 1 aliphatic rings. The van der Waals surface area contributed by atoms with Crippen molar-refractivity contribution < 1.29 is 22.2 Å². The molecule has 0 spiro atoms. The van der Waals surface area contributed by atoms with E-state index in [-0.39, 0.29) is 4.90 Å². The van der Waals surface area contributed by atoms with Gasteiger partial charge in [-0.05, 0) is 41.7 Å². The lowest BCUT2D eigenvalue weighted by Crippen LogP contribution is -2.55. The zero-order valence-corrected chi connectivity index (χ0v) is 24.9. The molecular formula is C28H46INO4S. The van der Waals surface area contributed by atoms with Crippen molar-refractivity contribution in [1.82, 2.24) is 0 Å². The Kier molecular flexibility index (Phi) is 18.0. The minimum Gasteiger partial charge on any atom is -0.744 e. The Bertz CT molecular complexity index is 825. The molecule has 1 aromatic rings. The van der Waals surface area contributed by atoms with Gasteiger partial charge in [0, 0.05) is 22.6 Å². The van der Waals surface area contributed by atoms with Crippen molar-refractivity contribution in [1.29, 1.82) is 0 Å². The fraction of sp³-hybridized carbons (Fsp3) is 0.714. The zero-order valence-electron chi connectivity index (χ0n) is 21.9. The smallest absolute Gasteiger partial charge is 0.141 e. The van der Waals surface area contributed by atoms with E-state index >= 15 is 0 Å². The van der Waals surface area contributed by atoms with E-state index in [1.165, 1.54) is 100 Å². The van der Waals surface area contributed by atoms with Crippen molar-refractivity contribution in [3.8, 4) is 9.85 Å². The average molecular weight is 620 g/mol.